The summed E-state index contributed by atoms with van der Waals surface area (Å²) in [6, 6.07) is 0. The minimum absolute atomic E-state index is 0.334. The number of carboxylic acid groups (broad SMARTS) is 1. The first-order chi connectivity index (χ1) is 8.79. The number of rotatable bonds is 10. The highest BCUT2D eigenvalue weighted by Gasteiger charge is 2.02. The predicted octanol–water partition coefficient (Wildman–Crippen LogP) is 3.85. The molecule has 0 unspecified atom stereocenters. The largest absolute Gasteiger partial charge is 0.481 e. The highest BCUT2D eigenvalue weighted by atomic mass is 16.4. The second-order valence-electron chi connectivity index (χ2n) is 5.23. The quantitative estimate of drug-likeness (QED) is 0.581. The maximum absolute atomic E-state index is 10.3. The Morgan fingerprint density at radius 2 is 1.78 bits per heavy atom. The van der Waals surface area contributed by atoms with Gasteiger partial charge in [-0.1, -0.05) is 37.7 Å². The Labute approximate surface area is 111 Å². The molecule has 0 saturated carbocycles. The molecule has 2 N–H and O–H groups in total. The van der Waals surface area contributed by atoms with Crippen molar-refractivity contribution in [2.75, 3.05) is 6.54 Å². The maximum Gasteiger partial charge on any atom is 0.303 e. The lowest BCUT2D eigenvalue weighted by atomic mass is 10.0. The van der Waals surface area contributed by atoms with Crippen LogP contribution >= 0.6 is 0 Å². The minimum atomic E-state index is -0.663. The van der Waals surface area contributed by atoms with Gasteiger partial charge in [-0.05, 0) is 38.3 Å². The van der Waals surface area contributed by atoms with Gasteiger partial charge in [0.05, 0.1) is 0 Å². The monoisotopic (exact) mass is 253 g/mol. The molecule has 0 aliphatic carbocycles. The van der Waals surface area contributed by atoms with E-state index in [1.165, 1.54) is 51.4 Å². The molecule has 104 valence electrons. The molecule has 0 bridgehead atoms. The van der Waals surface area contributed by atoms with Gasteiger partial charge >= 0.3 is 5.97 Å². The molecule has 18 heavy (non-hydrogen) atoms. The van der Waals surface area contributed by atoms with Gasteiger partial charge in [-0.3, -0.25) is 4.79 Å². The van der Waals surface area contributed by atoms with Crippen molar-refractivity contribution >= 4 is 5.97 Å². The van der Waals surface area contributed by atoms with Gasteiger partial charge in [-0.15, -0.1) is 0 Å². The topological polar surface area (TPSA) is 49.3 Å². The number of nitrogens with one attached hydrogen (secondary N) is 1. The second-order valence-corrected chi connectivity index (χ2v) is 5.23. The van der Waals surface area contributed by atoms with Crippen molar-refractivity contribution in [1.29, 1.82) is 0 Å². The first-order valence-corrected chi connectivity index (χ1v) is 7.42. The SMILES string of the molecule is O=C(O)CCCCCCCCCC1=CNCCC1. The summed E-state index contributed by atoms with van der Waals surface area (Å²) in [6.07, 6.45) is 14.6. The highest BCUT2D eigenvalue weighted by molar-refractivity contribution is 5.66. The van der Waals surface area contributed by atoms with Crippen LogP contribution in [0.1, 0.15) is 70.6 Å². The van der Waals surface area contributed by atoms with Crippen molar-refractivity contribution in [3.63, 3.8) is 0 Å². The number of allylic oxidation sites excluding steroid dienone is 1. The molecule has 0 radical (unpaired) electrons. The Bertz CT molecular complexity index is 261. The fourth-order valence-electron chi connectivity index (χ4n) is 2.42. The molecular weight excluding hydrogens is 226 g/mol. The number of hydrogen-bond acceptors (Lipinski definition) is 2. The van der Waals surface area contributed by atoms with Gasteiger partial charge < -0.3 is 10.4 Å². The zero-order valence-electron chi connectivity index (χ0n) is 11.4. The lowest BCUT2D eigenvalue weighted by Crippen LogP contribution is -2.13. The fraction of sp³-hybridized carbons (Fsp3) is 0.800. The van der Waals surface area contributed by atoms with Gasteiger partial charge in [0.2, 0.25) is 0 Å². The Balaban J connectivity index is 1.81. The summed E-state index contributed by atoms with van der Waals surface area (Å²) >= 11 is 0. The number of carbonyl (C=O) groups is 1. The van der Waals surface area contributed by atoms with E-state index in [1.54, 1.807) is 5.57 Å². The Morgan fingerprint density at radius 1 is 1.11 bits per heavy atom. The Hall–Kier alpha value is -0.990. The van der Waals surface area contributed by atoms with E-state index in [1.807, 2.05) is 0 Å². The van der Waals surface area contributed by atoms with Gasteiger partial charge in [0.25, 0.3) is 0 Å². The van der Waals surface area contributed by atoms with Crippen LogP contribution < -0.4 is 5.32 Å². The van der Waals surface area contributed by atoms with E-state index >= 15 is 0 Å². The second kappa shape index (κ2) is 9.98. The number of unbranched alkanes of at least 4 members (excludes halogenated alkanes) is 6. The smallest absolute Gasteiger partial charge is 0.303 e. The summed E-state index contributed by atoms with van der Waals surface area (Å²) in [5.41, 5.74) is 1.59. The van der Waals surface area contributed by atoms with Crippen LogP contribution in [0.2, 0.25) is 0 Å². The Morgan fingerprint density at radius 3 is 2.39 bits per heavy atom. The summed E-state index contributed by atoms with van der Waals surface area (Å²) in [6.45, 7) is 1.14. The van der Waals surface area contributed by atoms with Crippen LogP contribution in [0, 0.1) is 0 Å². The van der Waals surface area contributed by atoms with Crippen LogP contribution in [0.3, 0.4) is 0 Å². The van der Waals surface area contributed by atoms with E-state index in [9.17, 15) is 4.79 Å². The van der Waals surface area contributed by atoms with Gasteiger partial charge in [0, 0.05) is 13.0 Å². The molecule has 0 amide bonds. The third-order valence-corrected chi connectivity index (χ3v) is 3.51. The van der Waals surface area contributed by atoms with E-state index in [2.05, 4.69) is 11.5 Å². The molecular formula is C15H27NO2. The van der Waals surface area contributed by atoms with E-state index in [0.717, 1.165) is 19.4 Å². The van der Waals surface area contributed by atoms with Crippen molar-refractivity contribution in [3.05, 3.63) is 11.8 Å². The summed E-state index contributed by atoms with van der Waals surface area (Å²) in [5.74, 6) is -0.663. The lowest BCUT2D eigenvalue weighted by Gasteiger charge is -2.13. The molecule has 1 heterocycles. The van der Waals surface area contributed by atoms with Crippen molar-refractivity contribution in [2.45, 2.75) is 70.6 Å². The minimum Gasteiger partial charge on any atom is -0.481 e. The van der Waals surface area contributed by atoms with Crippen LogP contribution in [-0.2, 0) is 4.79 Å². The molecule has 0 spiro atoms. The third kappa shape index (κ3) is 8.15. The van der Waals surface area contributed by atoms with Crippen LogP contribution in [0.25, 0.3) is 0 Å². The summed E-state index contributed by atoms with van der Waals surface area (Å²) in [4.78, 5) is 10.3. The van der Waals surface area contributed by atoms with Gasteiger partial charge in [0.15, 0.2) is 0 Å². The van der Waals surface area contributed by atoms with Crippen LogP contribution in [0.4, 0.5) is 0 Å². The molecule has 0 aromatic carbocycles. The van der Waals surface area contributed by atoms with E-state index in [4.69, 9.17) is 5.11 Å². The molecule has 3 nitrogen and oxygen atoms in total. The van der Waals surface area contributed by atoms with E-state index in [0.29, 0.717) is 6.42 Å². The van der Waals surface area contributed by atoms with Crippen LogP contribution in [0.5, 0.6) is 0 Å². The number of hydrogen-bond donors (Lipinski definition) is 2. The standard InChI is InChI=1S/C15H27NO2/c17-15(18)11-7-5-3-1-2-4-6-9-14-10-8-12-16-13-14/h13,16H,1-12H2,(H,17,18). The molecule has 1 aliphatic rings. The zero-order chi connectivity index (χ0) is 13.1. The van der Waals surface area contributed by atoms with E-state index in [-0.39, 0.29) is 0 Å². The maximum atomic E-state index is 10.3. The molecule has 1 rings (SSSR count). The van der Waals surface area contributed by atoms with Crippen LogP contribution in [0.15, 0.2) is 11.8 Å². The summed E-state index contributed by atoms with van der Waals surface area (Å²) < 4.78 is 0. The Kier molecular flexibility index (Phi) is 8.36. The van der Waals surface area contributed by atoms with E-state index < -0.39 is 5.97 Å². The van der Waals surface area contributed by atoms with Crippen molar-refractivity contribution in [1.82, 2.24) is 5.32 Å². The molecule has 0 atom stereocenters. The first-order valence-electron chi connectivity index (χ1n) is 7.42. The number of carboxylic acids is 1. The zero-order valence-corrected chi connectivity index (χ0v) is 11.4. The molecule has 0 saturated heterocycles. The predicted molar refractivity (Wildman–Crippen MR) is 74.5 cm³/mol. The van der Waals surface area contributed by atoms with Gasteiger partial charge in [0.1, 0.15) is 0 Å². The summed E-state index contributed by atoms with van der Waals surface area (Å²) in [7, 11) is 0. The lowest BCUT2D eigenvalue weighted by molar-refractivity contribution is -0.137. The first kappa shape index (κ1) is 15.1. The fourth-order valence-corrected chi connectivity index (χ4v) is 2.42. The molecule has 0 aromatic heterocycles. The highest BCUT2D eigenvalue weighted by Crippen LogP contribution is 2.17. The summed E-state index contributed by atoms with van der Waals surface area (Å²) in [5, 5.41) is 11.8. The molecule has 1 aliphatic heterocycles. The average molecular weight is 253 g/mol. The van der Waals surface area contributed by atoms with Crippen molar-refractivity contribution < 1.29 is 9.90 Å². The molecule has 0 fully saturated rings. The van der Waals surface area contributed by atoms with Crippen molar-refractivity contribution in [2.24, 2.45) is 0 Å². The van der Waals surface area contributed by atoms with Gasteiger partial charge in [-0.2, -0.15) is 0 Å². The normalized spacial score (nSPS) is 15.0. The average Bonchev–Trinajstić information content (AvgIpc) is 2.37. The van der Waals surface area contributed by atoms with Gasteiger partial charge in [-0.25, -0.2) is 0 Å². The molecule has 0 aromatic rings. The number of aliphatic carboxylic acids is 1. The molecule has 3 heteroatoms. The van der Waals surface area contributed by atoms with Crippen molar-refractivity contribution in [3.8, 4) is 0 Å². The third-order valence-electron chi connectivity index (χ3n) is 3.51. The van der Waals surface area contributed by atoms with Crippen LogP contribution in [-0.4, -0.2) is 17.6 Å².